The SMILES string of the molecule is CCOc1cc(C2[NH2+]C(C(=O)[O-])CS2)ccc1OCc1ccccc1. The molecule has 1 saturated heterocycles. The van der Waals surface area contributed by atoms with Crippen molar-refractivity contribution in [3.05, 3.63) is 59.7 Å². The third kappa shape index (κ3) is 4.46. The number of carbonyl (C=O) groups excluding carboxylic acids is 1. The summed E-state index contributed by atoms with van der Waals surface area (Å²) in [5, 5.41) is 12.9. The molecule has 0 amide bonds. The van der Waals surface area contributed by atoms with Gasteiger partial charge in [-0.3, -0.25) is 0 Å². The molecule has 1 aliphatic heterocycles. The van der Waals surface area contributed by atoms with E-state index in [1.807, 2.05) is 60.8 Å². The predicted molar refractivity (Wildman–Crippen MR) is 94.3 cm³/mol. The third-order valence-electron chi connectivity index (χ3n) is 4.00. The van der Waals surface area contributed by atoms with Crippen LogP contribution in [0.3, 0.4) is 0 Å². The molecule has 5 nitrogen and oxygen atoms in total. The first-order valence-corrected chi connectivity index (χ1v) is 9.33. The molecule has 2 unspecified atom stereocenters. The average Bonchev–Trinajstić information content (AvgIpc) is 3.12. The van der Waals surface area contributed by atoms with E-state index in [9.17, 15) is 9.90 Å². The van der Waals surface area contributed by atoms with Crippen LogP contribution in [0.1, 0.15) is 23.4 Å². The monoisotopic (exact) mass is 359 g/mol. The standard InChI is InChI=1S/C19H21NO4S/c1-2-23-17-10-14(18-20-15(12-25-18)19(21)22)8-9-16(17)24-11-13-6-4-3-5-7-13/h3-10,15,18,20H,2,11-12H2,1H3,(H,21,22). The quantitative estimate of drug-likeness (QED) is 0.801. The number of carboxylic acids is 1. The minimum atomic E-state index is -1.01. The minimum Gasteiger partial charge on any atom is -0.544 e. The highest BCUT2D eigenvalue weighted by Gasteiger charge is 2.31. The van der Waals surface area contributed by atoms with Crippen LogP contribution in [0, 0.1) is 0 Å². The van der Waals surface area contributed by atoms with Crippen LogP contribution in [0.25, 0.3) is 0 Å². The fraction of sp³-hybridized carbons (Fsp3) is 0.316. The number of aliphatic carboxylic acids is 1. The Hall–Kier alpha value is -2.18. The summed E-state index contributed by atoms with van der Waals surface area (Å²) in [5.41, 5.74) is 2.11. The zero-order valence-electron chi connectivity index (χ0n) is 14.0. The maximum Gasteiger partial charge on any atom is 0.161 e. The van der Waals surface area contributed by atoms with Gasteiger partial charge in [0.15, 0.2) is 16.9 Å². The molecule has 0 radical (unpaired) electrons. The van der Waals surface area contributed by atoms with Crippen LogP contribution in [0.2, 0.25) is 0 Å². The number of carbonyl (C=O) groups is 1. The highest BCUT2D eigenvalue weighted by atomic mass is 32.2. The smallest absolute Gasteiger partial charge is 0.161 e. The Morgan fingerprint density at radius 2 is 2.00 bits per heavy atom. The molecule has 1 fully saturated rings. The van der Waals surface area contributed by atoms with E-state index in [2.05, 4.69) is 0 Å². The van der Waals surface area contributed by atoms with Gasteiger partial charge in [-0.1, -0.05) is 42.1 Å². The van der Waals surface area contributed by atoms with E-state index < -0.39 is 12.0 Å². The summed E-state index contributed by atoms with van der Waals surface area (Å²) in [6.45, 7) is 2.93. The van der Waals surface area contributed by atoms with Gasteiger partial charge in [-0.2, -0.15) is 0 Å². The van der Waals surface area contributed by atoms with Crippen LogP contribution in [0.4, 0.5) is 0 Å². The molecular weight excluding hydrogens is 338 g/mol. The minimum absolute atomic E-state index is 0.0327. The summed E-state index contributed by atoms with van der Waals surface area (Å²) >= 11 is 1.60. The van der Waals surface area contributed by atoms with Gasteiger partial charge >= 0.3 is 0 Å². The number of hydrogen-bond donors (Lipinski definition) is 1. The van der Waals surface area contributed by atoms with Crippen molar-refractivity contribution in [3.63, 3.8) is 0 Å². The summed E-state index contributed by atoms with van der Waals surface area (Å²) in [6, 6.07) is 15.3. The number of carboxylic acid groups (broad SMARTS) is 1. The van der Waals surface area contributed by atoms with Crippen molar-refractivity contribution in [1.29, 1.82) is 0 Å². The molecule has 25 heavy (non-hydrogen) atoms. The first-order chi connectivity index (χ1) is 12.2. The highest BCUT2D eigenvalue weighted by Crippen LogP contribution is 2.34. The number of hydrogen-bond acceptors (Lipinski definition) is 5. The molecule has 0 aliphatic carbocycles. The average molecular weight is 359 g/mol. The van der Waals surface area contributed by atoms with Gasteiger partial charge in [0.05, 0.1) is 12.4 Å². The molecule has 1 aliphatic rings. The van der Waals surface area contributed by atoms with Gasteiger partial charge in [-0.25, -0.2) is 0 Å². The molecule has 2 atom stereocenters. The second-order valence-corrected chi connectivity index (χ2v) is 6.96. The van der Waals surface area contributed by atoms with E-state index in [1.54, 1.807) is 11.8 Å². The molecular formula is C19H21NO4S. The highest BCUT2D eigenvalue weighted by molar-refractivity contribution is 7.99. The molecule has 0 saturated carbocycles. The van der Waals surface area contributed by atoms with Crippen molar-refractivity contribution in [2.45, 2.75) is 24.9 Å². The molecule has 132 valence electrons. The summed E-state index contributed by atoms with van der Waals surface area (Å²) in [6.07, 6.45) is 0. The third-order valence-corrected chi connectivity index (χ3v) is 5.34. The van der Waals surface area contributed by atoms with Crippen LogP contribution in [0.5, 0.6) is 11.5 Å². The Kier molecular flexibility index (Phi) is 5.83. The Balaban J connectivity index is 1.73. The van der Waals surface area contributed by atoms with E-state index in [4.69, 9.17) is 9.47 Å². The van der Waals surface area contributed by atoms with Gasteiger partial charge in [0, 0.05) is 5.56 Å². The largest absolute Gasteiger partial charge is 0.544 e. The molecule has 2 N–H and O–H groups in total. The lowest BCUT2D eigenvalue weighted by molar-refractivity contribution is -0.690. The van der Waals surface area contributed by atoms with Gasteiger partial charge in [-0.05, 0) is 30.7 Å². The van der Waals surface area contributed by atoms with Crippen LogP contribution < -0.4 is 19.9 Å². The molecule has 0 bridgehead atoms. The topological polar surface area (TPSA) is 75.2 Å². The van der Waals surface area contributed by atoms with Gasteiger partial charge in [0.1, 0.15) is 18.6 Å². The molecule has 1 heterocycles. The van der Waals surface area contributed by atoms with Crippen LogP contribution in [-0.4, -0.2) is 24.4 Å². The summed E-state index contributed by atoms with van der Waals surface area (Å²) in [7, 11) is 0. The Morgan fingerprint density at radius 1 is 1.20 bits per heavy atom. The number of nitrogens with two attached hydrogens (primary N) is 1. The van der Waals surface area contributed by atoms with Crippen molar-refractivity contribution in [3.8, 4) is 11.5 Å². The van der Waals surface area contributed by atoms with E-state index in [1.165, 1.54) is 0 Å². The predicted octanol–water partition coefficient (Wildman–Crippen LogP) is 1.09. The van der Waals surface area contributed by atoms with Crippen LogP contribution in [-0.2, 0) is 11.4 Å². The first kappa shape index (κ1) is 17.6. The second-order valence-electron chi connectivity index (χ2n) is 5.79. The van der Waals surface area contributed by atoms with Crippen LogP contribution in [0.15, 0.2) is 48.5 Å². The van der Waals surface area contributed by atoms with Crippen molar-refractivity contribution in [2.75, 3.05) is 12.4 Å². The molecule has 0 spiro atoms. The fourth-order valence-corrected chi connectivity index (χ4v) is 4.01. The van der Waals surface area contributed by atoms with Gasteiger partial charge < -0.3 is 24.7 Å². The van der Waals surface area contributed by atoms with E-state index in [0.717, 1.165) is 11.1 Å². The lowest BCUT2D eigenvalue weighted by atomic mass is 10.2. The number of ether oxygens (including phenoxy) is 2. The van der Waals surface area contributed by atoms with Crippen molar-refractivity contribution in [1.82, 2.24) is 0 Å². The Morgan fingerprint density at radius 3 is 2.68 bits per heavy atom. The van der Waals surface area contributed by atoms with Crippen molar-refractivity contribution >= 4 is 17.7 Å². The maximum absolute atomic E-state index is 11.0. The summed E-state index contributed by atoms with van der Waals surface area (Å²) in [4.78, 5) is 11.0. The molecule has 2 aromatic carbocycles. The summed E-state index contributed by atoms with van der Waals surface area (Å²) < 4.78 is 11.6. The zero-order chi connectivity index (χ0) is 17.6. The Bertz CT molecular complexity index is 723. The molecule has 0 aromatic heterocycles. The first-order valence-electron chi connectivity index (χ1n) is 8.28. The van der Waals surface area contributed by atoms with Crippen molar-refractivity contribution < 1.29 is 24.7 Å². The molecule has 3 rings (SSSR count). The van der Waals surface area contributed by atoms with Crippen molar-refractivity contribution in [2.24, 2.45) is 0 Å². The summed E-state index contributed by atoms with van der Waals surface area (Å²) in [5.74, 6) is 0.905. The van der Waals surface area contributed by atoms with E-state index in [-0.39, 0.29) is 5.37 Å². The number of quaternary nitrogens is 1. The molecule has 2 aromatic rings. The number of thioether (sulfide) groups is 1. The second kappa shape index (κ2) is 8.27. The van der Waals surface area contributed by atoms with E-state index >= 15 is 0 Å². The number of rotatable bonds is 7. The number of benzene rings is 2. The zero-order valence-corrected chi connectivity index (χ0v) is 14.8. The van der Waals surface area contributed by atoms with Gasteiger partial charge in [0.25, 0.3) is 0 Å². The maximum atomic E-state index is 11.0. The lowest BCUT2D eigenvalue weighted by Crippen LogP contribution is -2.90. The van der Waals surface area contributed by atoms with Gasteiger partial charge in [-0.15, -0.1) is 0 Å². The normalized spacial score (nSPS) is 19.6. The van der Waals surface area contributed by atoms with E-state index in [0.29, 0.717) is 30.5 Å². The van der Waals surface area contributed by atoms with Gasteiger partial charge in [0.2, 0.25) is 0 Å². The molecule has 6 heteroatoms. The van der Waals surface area contributed by atoms with Crippen LogP contribution >= 0.6 is 11.8 Å². The Labute approximate surface area is 151 Å². The fourth-order valence-electron chi connectivity index (χ4n) is 2.71. The lowest BCUT2D eigenvalue weighted by Gasteiger charge is -2.15.